The van der Waals surface area contributed by atoms with Gasteiger partial charge in [0.15, 0.2) is 0 Å². The van der Waals surface area contributed by atoms with Gasteiger partial charge >= 0.3 is 5.97 Å². The molecule has 9 nitrogen and oxygen atoms in total. The zero-order valence-electron chi connectivity index (χ0n) is 23.5. The normalized spacial score (nSPS) is 10.9. The molecule has 0 aliphatic rings. The highest BCUT2D eigenvalue weighted by atomic mass is 32.2. The number of hydrogen-bond acceptors (Lipinski definition) is 6. The van der Waals surface area contributed by atoms with E-state index in [9.17, 15) is 19.2 Å². The second-order valence-corrected chi connectivity index (χ2v) is 10.6. The number of aromatic carboxylic acids is 1. The summed E-state index contributed by atoms with van der Waals surface area (Å²) in [5, 5.41) is 17.3. The quantitative estimate of drug-likeness (QED) is 0.132. The standard InChI is InChI=1S/C33H30N4O5S/c1-37(2)27-16-8-22(9-17-27)20-29(36-31(39)23-6-4-3-5-7-23)32(40)35-26-14-18-28(19-15-26)43-21-30(38)34-25-12-10-24(11-13-25)33(41)42/h3-20H,21H2,1-2H3,(H,34,38)(H,35,40)(H,36,39)(H,41,42)/b29-20-. The predicted octanol–water partition coefficient (Wildman–Crippen LogP) is 5.59. The van der Waals surface area contributed by atoms with Crippen molar-refractivity contribution in [3.63, 3.8) is 0 Å². The first kappa shape index (κ1) is 30.6. The number of amides is 3. The fraction of sp³-hybridized carbons (Fsp3) is 0.0909. The van der Waals surface area contributed by atoms with E-state index in [0.29, 0.717) is 16.9 Å². The minimum Gasteiger partial charge on any atom is -0.478 e. The van der Waals surface area contributed by atoms with E-state index in [4.69, 9.17) is 5.11 Å². The highest BCUT2D eigenvalue weighted by molar-refractivity contribution is 8.00. The minimum atomic E-state index is -1.04. The fourth-order valence-corrected chi connectivity index (χ4v) is 4.55. The average Bonchev–Trinajstić information content (AvgIpc) is 3.01. The van der Waals surface area contributed by atoms with Crippen LogP contribution in [0.3, 0.4) is 0 Å². The lowest BCUT2D eigenvalue weighted by Crippen LogP contribution is -2.30. The molecule has 0 saturated carbocycles. The summed E-state index contributed by atoms with van der Waals surface area (Å²) in [5.74, 6) is -2.04. The average molecular weight is 595 g/mol. The van der Waals surface area contributed by atoms with Crippen molar-refractivity contribution in [2.45, 2.75) is 4.90 Å². The van der Waals surface area contributed by atoms with Crippen molar-refractivity contribution in [3.05, 3.63) is 126 Å². The van der Waals surface area contributed by atoms with Gasteiger partial charge in [0.2, 0.25) is 5.91 Å². The van der Waals surface area contributed by atoms with Gasteiger partial charge < -0.3 is 26.0 Å². The lowest BCUT2D eigenvalue weighted by molar-refractivity contribution is -0.114. The molecule has 4 aromatic carbocycles. The first-order valence-electron chi connectivity index (χ1n) is 13.2. The van der Waals surface area contributed by atoms with E-state index >= 15 is 0 Å². The van der Waals surface area contributed by atoms with E-state index < -0.39 is 17.8 Å². The summed E-state index contributed by atoms with van der Waals surface area (Å²) in [6.45, 7) is 0. The highest BCUT2D eigenvalue weighted by Gasteiger charge is 2.15. The Bertz CT molecular complexity index is 1620. The number of rotatable bonds is 11. The molecule has 0 atom stereocenters. The van der Waals surface area contributed by atoms with Gasteiger partial charge in [-0.3, -0.25) is 14.4 Å². The summed E-state index contributed by atoms with van der Waals surface area (Å²) in [4.78, 5) is 52.3. The Labute approximate surface area is 253 Å². The van der Waals surface area contributed by atoms with Gasteiger partial charge in [-0.2, -0.15) is 0 Å². The van der Waals surface area contributed by atoms with Crippen LogP contribution in [0.2, 0.25) is 0 Å². The summed E-state index contributed by atoms with van der Waals surface area (Å²) >= 11 is 1.31. The molecule has 0 aliphatic heterocycles. The predicted molar refractivity (Wildman–Crippen MR) is 170 cm³/mol. The van der Waals surface area contributed by atoms with Gasteiger partial charge in [0.1, 0.15) is 5.70 Å². The molecular weight excluding hydrogens is 564 g/mol. The number of thioether (sulfide) groups is 1. The Kier molecular flexibility index (Phi) is 10.3. The Morgan fingerprint density at radius 3 is 1.95 bits per heavy atom. The maximum absolute atomic E-state index is 13.3. The number of nitrogens with one attached hydrogen (secondary N) is 3. The number of carbonyl (C=O) groups excluding carboxylic acids is 3. The first-order chi connectivity index (χ1) is 20.7. The molecule has 10 heteroatoms. The second-order valence-electron chi connectivity index (χ2n) is 9.56. The molecule has 4 rings (SSSR count). The van der Waals surface area contributed by atoms with Crippen molar-refractivity contribution >= 4 is 58.6 Å². The number of carboxylic acids is 1. The smallest absolute Gasteiger partial charge is 0.335 e. The summed E-state index contributed by atoms with van der Waals surface area (Å²) < 4.78 is 0. The Balaban J connectivity index is 1.39. The van der Waals surface area contributed by atoms with Gasteiger partial charge in [0, 0.05) is 41.6 Å². The van der Waals surface area contributed by atoms with E-state index in [2.05, 4.69) is 16.0 Å². The lowest BCUT2D eigenvalue weighted by atomic mass is 10.1. The third-order valence-corrected chi connectivity index (χ3v) is 7.16. The van der Waals surface area contributed by atoms with Crippen LogP contribution >= 0.6 is 11.8 Å². The maximum atomic E-state index is 13.3. The van der Waals surface area contributed by atoms with E-state index in [1.54, 1.807) is 54.6 Å². The number of carbonyl (C=O) groups is 4. The molecule has 4 N–H and O–H groups in total. The van der Waals surface area contributed by atoms with E-state index in [0.717, 1.165) is 16.1 Å². The molecular formula is C33H30N4O5S. The van der Waals surface area contributed by atoms with Crippen LogP contribution in [0, 0.1) is 0 Å². The zero-order chi connectivity index (χ0) is 30.8. The largest absolute Gasteiger partial charge is 0.478 e. The number of hydrogen-bond donors (Lipinski definition) is 4. The molecule has 0 spiro atoms. The summed E-state index contributed by atoms with van der Waals surface area (Å²) in [6.07, 6.45) is 1.62. The van der Waals surface area contributed by atoms with Gasteiger partial charge in [0.25, 0.3) is 11.8 Å². The third kappa shape index (κ3) is 9.07. The number of carboxylic acid groups (broad SMARTS) is 1. The molecule has 0 saturated heterocycles. The SMILES string of the molecule is CN(C)c1ccc(/C=C(\NC(=O)c2ccccc2)C(=O)Nc2ccc(SCC(=O)Nc3ccc(C(=O)O)cc3)cc2)cc1. The van der Waals surface area contributed by atoms with Crippen LogP contribution in [0.4, 0.5) is 17.1 Å². The van der Waals surface area contributed by atoms with E-state index in [1.165, 1.54) is 36.0 Å². The summed E-state index contributed by atoms with van der Waals surface area (Å²) in [7, 11) is 3.87. The minimum absolute atomic E-state index is 0.0815. The fourth-order valence-electron chi connectivity index (χ4n) is 3.85. The van der Waals surface area contributed by atoms with Crippen LogP contribution in [0.25, 0.3) is 6.08 Å². The molecule has 4 aromatic rings. The molecule has 0 unspecified atom stereocenters. The molecule has 0 heterocycles. The van der Waals surface area contributed by atoms with Gasteiger partial charge in [-0.1, -0.05) is 30.3 Å². The van der Waals surface area contributed by atoms with Gasteiger partial charge in [-0.25, -0.2) is 4.79 Å². The van der Waals surface area contributed by atoms with Crippen molar-refractivity contribution in [3.8, 4) is 0 Å². The first-order valence-corrected chi connectivity index (χ1v) is 14.2. The van der Waals surface area contributed by atoms with Crippen LogP contribution in [0.1, 0.15) is 26.3 Å². The van der Waals surface area contributed by atoms with E-state index in [1.807, 2.05) is 49.3 Å². The van der Waals surface area contributed by atoms with Crippen molar-refractivity contribution in [2.24, 2.45) is 0 Å². The number of nitrogens with zero attached hydrogens (tertiary/aromatic N) is 1. The van der Waals surface area contributed by atoms with Crippen LogP contribution in [-0.4, -0.2) is 48.6 Å². The maximum Gasteiger partial charge on any atom is 0.335 e. The summed E-state index contributed by atoms with van der Waals surface area (Å²) in [5.41, 5.74) is 3.41. The summed E-state index contributed by atoms with van der Waals surface area (Å²) in [6, 6.07) is 29.1. The van der Waals surface area contributed by atoms with Gasteiger partial charge in [0.05, 0.1) is 11.3 Å². The second kappa shape index (κ2) is 14.5. The molecule has 3 amide bonds. The molecule has 0 radical (unpaired) electrons. The third-order valence-electron chi connectivity index (χ3n) is 6.15. The van der Waals surface area contributed by atoms with Crippen LogP contribution in [-0.2, 0) is 9.59 Å². The molecule has 0 aliphatic carbocycles. The molecule has 0 bridgehead atoms. The van der Waals surface area contributed by atoms with Crippen LogP contribution in [0.15, 0.2) is 114 Å². The topological polar surface area (TPSA) is 128 Å². The van der Waals surface area contributed by atoms with Crippen molar-refractivity contribution in [1.82, 2.24) is 5.32 Å². The Morgan fingerprint density at radius 2 is 1.35 bits per heavy atom. The van der Waals surface area contributed by atoms with Crippen molar-refractivity contribution < 1.29 is 24.3 Å². The molecule has 43 heavy (non-hydrogen) atoms. The van der Waals surface area contributed by atoms with Gasteiger partial charge in [-0.05, 0) is 84.4 Å². The number of benzene rings is 4. The molecule has 218 valence electrons. The monoisotopic (exact) mass is 594 g/mol. The van der Waals surface area contributed by atoms with Crippen LogP contribution in [0.5, 0.6) is 0 Å². The van der Waals surface area contributed by atoms with Gasteiger partial charge in [-0.15, -0.1) is 11.8 Å². The van der Waals surface area contributed by atoms with Crippen LogP contribution < -0.4 is 20.9 Å². The van der Waals surface area contributed by atoms with Crippen molar-refractivity contribution in [1.29, 1.82) is 0 Å². The Hall–Kier alpha value is -5.35. The molecule has 0 aromatic heterocycles. The lowest BCUT2D eigenvalue weighted by Gasteiger charge is -2.13. The molecule has 0 fully saturated rings. The van der Waals surface area contributed by atoms with Crippen molar-refractivity contribution in [2.75, 3.05) is 35.4 Å². The zero-order valence-corrected chi connectivity index (χ0v) is 24.4. The Morgan fingerprint density at radius 1 is 0.744 bits per heavy atom. The number of anilines is 3. The highest BCUT2D eigenvalue weighted by Crippen LogP contribution is 2.22. The van der Waals surface area contributed by atoms with E-state index in [-0.39, 0.29) is 22.9 Å².